The van der Waals surface area contributed by atoms with Gasteiger partial charge in [0.25, 0.3) is 0 Å². The first-order valence-corrected chi connectivity index (χ1v) is 9.19. The van der Waals surface area contributed by atoms with Gasteiger partial charge in [-0.3, -0.25) is 0 Å². The molecule has 0 spiro atoms. The largest absolute Gasteiger partial charge is 0.313 e. The highest BCUT2D eigenvalue weighted by molar-refractivity contribution is 8.00. The highest BCUT2D eigenvalue weighted by Crippen LogP contribution is 2.29. The van der Waals surface area contributed by atoms with E-state index in [2.05, 4.69) is 62.1 Å². The zero-order valence-corrected chi connectivity index (χ0v) is 14.0. The molecule has 2 rings (SSSR count). The normalized spacial score (nSPS) is 21.1. The molecule has 0 saturated carbocycles. The molecular weight excluding hydrogens is 262 g/mol. The molecule has 20 heavy (non-hydrogen) atoms. The van der Waals surface area contributed by atoms with Crippen LogP contribution in [-0.2, 0) is 6.42 Å². The Kier molecular flexibility index (Phi) is 6.44. The molecule has 1 fully saturated rings. The van der Waals surface area contributed by atoms with Crippen molar-refractivity contribution < 1.29 is 0 Å². The van der Waals surface area contributed by atoms with Crippen molar-refractivity contribution in [3.8, 4) is 0 Å². The Balaban J connectivity index is 1.99. The molecule has 1 aliphatic rings. The smallest absolute Gasteiger partial charge is 0.0226 e. The van der Waals surface area contributed by atoms with E-state index in [9.17, 15) is 0 Å². The van der Waals surface area contributed by atoms with Crippen molar-refractivity contribution in [2.24, 2.45) is 0 Å². The maximum atomic E-state index is 3.72. The summed E-state index contributed by atoms with van der Waals surface area (Å²) in [4.78, 5) is 0. The molecule has 1 nitrogen and oxygen atoms in total. The van der Waals surface area contributed by atoms with E-state index in [1.165, 1.54) is 42.6 Å². The highest BCUT2D eigenvalue weighted by atomic mass is 32.2. The van der Waals surface area contributed by atoms with Gasteiger partial charge in [0, 0.05) is 11.3 Å². The first kappa shape index (κ1) is 15.9. The van der Waals surface area contributed by atoms with Crippen molar-refractivity contribution in [3.63, 3.8) is 0 Å². The van der Waals surface area contributed by atoms with E-state index in [-0.39, 0.29) is 0 Å². The Morgan fingerprint density at radius 3 is 2.50 bits per heavy atom. The molecule has 112 valence electrons. The SMILES string of the molecule is CCNC(Cc1ccc(C(C)C)cc1)C1CCCCS1. The van der Waals surface area contributed by atoms with Gasteiger partial charge in [-0.15, -0.1) is 0 Å². The molecule has 1 aliphatic heterocycles. The summed E-state index contributed by atoms with van der Waals surface area (Å²) in [6.07, 6.45) is 5.37. The van der Waals surface area contributed by atoms with Crippen LogP contribution >= 0.6 is 11.8 Å². The summed E-state index contributed by atoms with van der Waals surface area (Å²) in [5.41, 5.74) is 2.92. The van der Waals surface area contributed by atoms with Crippen molar-refractivity contribution in [1.82, 2.24) is 5.32 Å². The van der Waals surface area contributed by atoms with Crippen molar-refractivity contribution >= 4 is 11.8 Å². The molecule has 0 bridgehead atoms. The minimum atomic E-state index is 0.627. The third-order valence-corrected chi connectivity index (χ3v) is 5.75. The fourth-order valence-electron chi connectivity index (χ4n) is 2.97. The quantitative estimate of drug-likeness (QED) is 0.821. The average Bonchev–Trinajstić information content (AvgIpc) is 2.48. The predicted molar refractivity (Wildman–Crippen MR) is 91.8 cm³/mol. The molecule has 0 radical (unpaired) electrons. The zero-order chi connectivity index (χ0) is 14.4. The molecule has 0 amide bonds. The van der Waals surface area contributed by atoms with E-state index < -0.39 is 0 Å². The number of hydrogen-bond acceptors (Lipinski definition) is 2. The van der Waals surface area contributed by atoms with Crippen LogP contribution in [0.1, 0.15) is 57.1 Å². The molecule has 1 aromatic carbocycles. The summed E-state index contributed by atoms with van der Waals surface area (Å²) in [7, 11) is 0. The van der Waals surface area contributed by atoms with Crippen molar-refractivity contribution in [2.45, 2.75) is 63.7 Å². The summed E-state index contributed by atoms with van der Waals surface area (Å²) in [6.45, 7) is 7.82. The predicted octanol–water partition coefficient (Wildman–Crippen LogP) is 4.62. The number of nitrogens with one attached hydrogen (secondary N) is 1. The first-order valence-electron chi connectivity index (χ1n) is 8.14. The number of benzene rings is 1. The van der Waals surface area contributed by atoms with Crippen LogP contribution in [0.15, 0.2) is 24.3 Å². The molecule has 1 aromatic rings. The standard InChI is InChI=1S/C18H29NS/c1-4-19-17(18-7-5-6-12-20-18)13-15-8-10-16(11-9-15)14(2)3/h8-11,14,17-19H,4-7,12-13H2,1-3H3. The lowest BCUT2D eigenvalue weighted by atomic mass is 9.96. The lowest BCUT2D eigenvalue weighted by Crippen LogP contribution is -2.41. The van der Waals surface area contributed by atoms with E-state index in [1.807, 2.05) is 0 Å². The third-order valence-electron chi connectivity index (χ3n) is 4.23. The van der Waals surface area contributed by atoms with Gasteiger partial charge in [0.15, 0.2) is 0 Å². The molecule has 2 heteroatoms. The van der Waals surface area contributed by atoms with Gasteiger partial charge in [0.05, 0.1) is 0 Å². The van der Waals surface area contributed by atoms with Crippen LogP contribution < -0.4 is 5.32 Å². The highest BCUT2D eigenvalue weighted by Gasteiger charge is 2.23. The first-order chi connectivity index (χ1) is 9.70. The van der Waals surface area contributed by atoms with Gasteiger partial charge in [0.1, 0.15) is 0 Å². The summed E-state index contributed by atoms with van der Waals surface area (Å²) in [6, 6.07) is 9.89. The summed E-state index contributed by atoms with van der Waals surface area (Å²) in [5.74, 6) is 1.97. The molecule has 2 unspecified atom stereocenters. The van der Waals surface area contributed by atoms with E-state index in [0.717, 1.165) is 11.8 Å². The van der Waals surface area contributed by atoms with E-state index in [1.54, 1.807) is 0 Å². The number of rotatable bonds is 6. The van der Waals surface area contributed by atoms with Crippen LogP contribution in [0.4, 0.5) is 0 Å². The van der Waals surface area contributed by atoms with E-state index in [0.29, 0.717) is 12.0 Å². The van der Waals surface area contributed by atoms with Gasteiger partial charge in [0.2, 0.25) is 0 Å². The molecule has 1 saturated heterocycles. The second-order valence-corrected chi connectivity index (χ2v) is 7.52. The van der Waals surface area contributed by atoms with Crippen molar-refractivity contribution in [3.05, 3.63) is 35.4 Å². The summed E-state index contributed by atoms with van der Waals surface area (Å²) < 4.78 is 0. The topological polar surface area (TPSA) is 12.0 Å². The fraction of sp³-hybridized carbons (Fsp3) is 0.667. The maximum Gasteiger partial charge on any atom is 0.0226 e. The average molecular weight is 292 g/mol. The van der Waals surface area contributed by atoms with Crippen LogP contribution in [0.5, 0.6) is 0 Å². The van der Waals surface area contributed by atoms with Crippen LogP contribution in [0.3, 0.4) is 0 Å². The van der Waals surface area contributed by atoms with Gasteiger partial charge in [-0.2, -0.15) is 11.8 Å². The molecule has 1 heterocycles. The Morgan fingerprint density at radius 1 is 1.20 bits per heavy atom. The van der Waals surface area contributed by atoms with E-state index in [4.69, 9.17) is 0 Å². The monoisotopic (exact) mass is 291 g/mol. The molecule has 0 aliphatic carbocycles. The van der Waals surface area contributed by atoms with Crippen molar-refractivity contribution in [2.75, 3.05) is 12.3 Å². The fourth-order valence-corrected chi connectivity index (χ4v) is 4.40. The van der Waals surface area contributed by atoms with Crippen LogP contribution in [0.25, 0.3) is 0 Å². The molecular formula is C18H29NS. The van der Waals surface area contributed by atoms with Crippen LogP contribution in [-0.4, -0.2) is 23.6 Å². The number of likely N-dealkylation sites (N-methyl/N-ethyl adjacent to an activating group) is 1. The summed E-state index contributed by atoms with van der Waals surface area (Å²) in [5, 5.41) is 4.52. The minimum absolute atomic E-state index is 0.627. The second-order valence-electron chi connectivity index (χ2n) is 6.17. The maximum absolute atomic E-state index is 3.72. The van der Waals surface area contributed by atoms with Gasteiger partial charge < -0.3 is 5.32 Å². The van der Waals surface area contributed by atoms with Gasteiger partial charge in [-0.05, 0) is 48.6 Å². The Bertz CT molecular complexity index is 379. The Morgan fingerprint density at radius 2 is 1.95 bits per heavy atom. The van der Waals surface area contributed by atoms with Gasteiger partial charge in [-0.25, -0.2) is 0 Å². The molecule has 0 aromatic heterocycles. The lowest BCUT2D eigenvalue weighted by molar-refractivity contribution is 0.472. The van der Waals surface area contributed by atoms with E-state index >= 15 is 0 Å². The Labute approximate surface area is 128 Å². The summed E-state index contributed by atoms with van der Waals surface area (Å²) >= 11 is 2.18. The Hall–Kier alpha value is -0.470. The zero-order valence-electron chi connectivity index (χ0n) is 13.2. The van der Waals surface area contributed by atoms with Crippen LogP contribution in [0, 0.1) is 0 Å². The number of hydrogen-bond donors (Lipinski definition) is 1. The third kappa shape index (κ3) is 4.53. The second kappa shape index (κ2) is 8.09. The van der Waals surface area contributed by atoms with Crippen LogP contribution in [0.2, 0.25) is 0 Å². The minimum Gasteiger partial charge on any atom is -0.313 e. The molecule has 2 atom stereocenters. The molecule has 1 N–H and O–H groups in total. The lowest BCUT2D eigenvalue weighted by Gasteiger charge is -2.30. The van der Waals surface area contributed by atoms with Gasteiger partial charge in [-0.1, -0.05) is 51.5 Å². The number of thioether (sulfide) groups is 1. The van der Waals surface area contributed by atoms with Gasteiger partial charge >= 0.3 is 0 Å². The van der Waals surface area contributed by atoms with Crippen molar-refractivity contribution in [1.29, 1.82) is 0 Å².